The maximum Gasteiger partial charge on any atom is 0.405 e. The van der Waals surface area contributed by atoms with Crippen LogP contribution in [-0.4, -0.2) is 64.1 Å². The number of carbonyl (C=O) groups excluding carboxylic acids is 1. The molecule has 0 radical (unpaired) electrons. The second-order valence-corrected chi connectivity index (χ2v) is 7.65. The van der Waals surface area contributed by atoms with Crippen LogP contribution in [0.5, 0.6) is 0 Å². The highest BCUT2D eigenvalue weighted by Gasteiger charge is 2.35. The van der Waals surface area contributed by atoms with Gasteiger partial charge in [-0.25, -0.2) is 17.2 Å². The number of alkyl halides is 3. The van der Waals surface area contributed by atoms with Crippen molar-refractivity contribution in [2.45, 2.75) is 11.1 Å². The molecule has 1 fully saturated rings. The van der Waals surface area contributed by atoms with Crippen LogP contribution in [-0.2, 0) is 14.8 Å². The largest absolute Gasteiger partial charge is 0.405 e. The minimum atomic E-state index is -4.51. The third-order valence-electron chi connectivity index (χ3n) is 3.84. The fraction of sp³-hybridized carbons (Fsp3) is 0.500. The average molecular weight is 402 g/mol. The lowest BCUT2D eigenvalue weighted by Gasteiger charge is -2.31. The van der Waals surface area contributed by atoms with Gasteiger partial charge >= 0.3 is 6.18 Å². The molecule has 1 aromatic rings. The molecule has 26 heavy (non-hydrogen) atoms. The molecule has 0 aromatic heterocycles. The van der Waals surface area contributed by atoms with E-state index in [1.54, 1.807) is 5.32 Å². The summed E-state index contributed by atoms with van der Waals surface area (Å²) < 4.78 is 89.3. The summed E-state index contributed by atoms with van der Waals surface area (Å²) in [6, 6.07) is 2.72. The van der Waals surface area contributed by atoms with Crippen molar-refractivity contribution in [3.05, 3.63) is 29.8 Å². The highest BCUT2D eigenvalue weighted by atomic mass is 32.2. The van der Waals surface area contributed by atoms with E-state index in [0.29, 0.717) is 4.90 Å². The van der Waals surface area contributed by atoms with E-state index >= 15 is 0 Å². The van der Waals surface area contributed by atoms with Gasteiger partial charge in [-0.3, -0.25) is 4.79 Å². The van der Waals surface area contributed by atoms with E-state index in [0.717, 1.165) is 22.5 Å². The predicted molar refractivity (Wildman–Crippen MR) is 79.7 cm³/mol. The van der Waals surface area contributed by atoms with Crippen molar-refractivity contribution < 1.29 is 40.1 Å². The Morgan fingerprint density at radius 3 is 2.19 bits per heavy atom. The van der Waals surface area contributed by atoms with Crippen molar-refractivity contribution in [3.8, 4) is 0 Å². The van der Waals surface area contributed by atoms with E-state index in [-0.39, 0.29) is 32.7 Å². The van der Waals surface area contributed by atoms with Gasteiger partial charge in [0.2, 0.25) is 10.0 Å². The van der Waals surface area contributed by atoms with Gasteiger partial charge < -0.3 is 10.2 Å². The number of nitrogens with one attached hydrogen (secondary N) is 2. The maximum atomic E-state index is 13.7. The minimum absolute atomic E-state index is 0.113. The lowest BCUT2D eigenvalue weighted by molar-refractivity contribution is -0.895. The van der Waals surface area contributed by atoms with Gasteiger partial charge in [-0.05, 0) is 12.1 Å². The molecule has 0 saturated carbocycles. The second kappa shape index (κ2) is 7.84. The summed E-state index contributed by atoms with van der Waals surface area (Å²) in [6.07, 6.45) is -4.51. The van der Waals surface area contributed by atoms with Crippen LogP contribution < -0.4 is 10.2 Å². The topological polar surface area (TPSA) is 70.9 Å². The molecule has 1 heterocycles. The number of piperazine rings is 1. The van der Waals surface area contributed by atoms with E-state index in [2.05, 4.69) is 0 Å². The summed E-state index contributed by atoms with van der Waals surface area (Å²) in [5.74, 6) is -3.22. The molecule has 0 unspecified atom stereocenters. The van der Waals surface area contributed by atoms with Crippen molar-refractivity contribution >= 4 is 15.9 Å². The van der Waals surface area contributed by atoms with Gasteiger partial charge in [0.25, 0.3) is 5.91 Å². The average Bonchev–Trinajstić information content (AvgIpc) is 2.52. The summed E-state index contributed by atoms with van der Waals surface area (Å²) in [4.78, 5) is 11.0. The van der Waals surface area contributed by atoms with Crippen LogP contribution in [0.15, 0.2) is 23.1 Å². The van der Waals surface area contributed by atoms with Crippen LogP contribution in [0.1, 0.15) is 0 Å². The van der Waals surface area contributed by atoms with Gasteiger partial charge in [0.15, 0.2) is 11.4 Å². The van der Waals surface area contributed by atoms with Crippen molar-refractivity contribution in [1.29, 1.82) is 0 Å². The predicted octanol–water partition coefficient (Wildman–Crippen LogP) is -0.468. The molecule has 1 amide bonds. The van der Waals surface area contributed by atoms with Gasteiger partial charge in [0, 0.05) is 0 Å². The summed E-state index contributed by atoms with van der Waals surface area (Å²) in [5.41, 5.74) is 0. The number of amides is 1. The van der Waals surface area contributed by atoms with E-state index < -0.39 is 45.2 Å². The second-order valence-electron chi connectivity index (χ2n) is 5.77. The van der Waals surface area contributed by atoms with Crippen LogP contribution in [0.3, 0.4) is 0 Å². The molecule has 2 rings (SSSR count). The summed E-state index contributed by atoms with van der Waals surface area (Å²) in [6.45, 7) is -1.68. The lowest BCUT2D eigenvalue weighted by atomic mass is 10.3. The number of quaternary nitrogens is 1. The molecular formula is C14H17F5N3O3S+. The van der Waals surface area contributed by atoms with E-state index in [1.165, 1.54) is 0 Å². The van der Waals surface area contributed by atoms with E-state index in [4.69, 9.17) is 0 Å². The molecule has 12 heteroatoms. The normalized spacial score (nSPS) is 17.3. The first-order valence-corrected chi connectivity index (χ1v) is 9.06. The Kier molecular flexibility index (Phi) is 6.19. The first-order valence-electron chi connectivity index (χ1n) is 7.62. The van der Waals surface area contributed by atoms with Crippen molar-refractivity contribution in [3.63, 3.8) is 0 Å². The third-order valence-corrected chi connectivity index (χ3v) is 5.79. The smallest absolute Gasteiger partial charge is 0.342 e. The SMILES string of the molecule is O=C(C[NH+]1CCN(S(=O)(=O)c2c(F)cccc2F)CC1)NCC(F)(F)F. The molecule has 0 spiro atoms. The zero-order valence-corrected chi connectivity index (χ0v) is 14.3. The fourth-order valence-electron chi connectivity index (χ4n) is 2.57. The molecule has 1 saturated heterocycles. The number of nitrogens with zero attached hydrogens (tertiary/aromatic N) is 1. The molecule has 1 aromatic carbocycles. The highest BCUT2D eigenvalue weighted by molar-refractivity contribution is 7.89. The van der Waals surface area contributed by atoms with Crippen molar-refractivity contribution in [2.75, 3.05) is 39.3 Å². The van der Waals surface area contributed by atoms with E-state index in [9.17, 15) is 35.2 Å². The molecule has 0 atom stereocenters. The Morgan fingerprint density at radius 1 is 1.15 bits per heavy atom. The quantitative estimate of drug-likeness (QED) is 0.655. The standard InChI is InChI=1S/C14H16F5N3O3S/c15-10-2-1-3-11(16)13(10)26(24,25)22-6-4-21(5-7-22)8-12(23)20-9-14(17,18)19/h1-3H,4-9H2,(H,20,23)/p+1. The van der Waals surface area contributed by atoms with Gasteiger partial charge in [-0.1, -0.05) is 6.07 Å². The lowest BCUT2D eigenvalue weighted by Crippen LogP contribution is -3.15. The summed E-state index contributed by atoms with van der Waals surface area (Å²) >= 11 is 0. The minimum Gasteiger partial charge on any atom is -0.342 e. The number of sulfonamides is 1. The van der Waals surface area contributed by atoms with Crippen LogP contribution in [0.25, 0.3) is 0 Å². The number of hydrogen-bond acceptors (Lipinski definition) is 3. The van der Waals surface area contributed by atoms with Gasteiger partial charge in [0.05, 0.1) is 26.2 Å². The monoisotopic (exact) mass is 402 g/mol. The number of halogens is 5. The van der Waals surface area contributed by atoms with Crippen LogP contribution >= 0.6 is 0 Å². The van der Waals surface area contributed by atoms with Crippen molar-refractivity contribution in [1.82, 2.24) is 9.62 Å². The Balaban J connectivity index is 1.95. The Bertz CT molecular complexity index is 741. The highest BCUT2D eigenvalue weighted by Crippen LogP contribution is 2.22. The molecule has 6 nitrogen and oxygen atoms in total. The number of rotatable bonds is 5. The molecule has 1 aliphatic heterocycles. The third kappa shape index (κ3) is 5.11. The van der Waals surface area contributed by atoms with Crippen LogP contribution in [0.2, 0.25) is 0 Å². The van der Waals surface area contributed by atoms with Gasteiger partial charge in [-0.15, -0.1) is 0 Å². The maximum absolute atomic E-state index is 13.7. The molecule has 1 aliphatic rings. The molecule has 146 valence electrons. The Morgan fingerprint density at radius 2 is 1.69 bits per heavy atom. The fourth-order valence-corrected chi connectivity index (χ4v) is 4.12. The van der Waals surface area contributed by atoms with E-state index in [1.807, 2.05) is 0 Å². The first kappa shape index (κ1) is 20.5. The number of hydrogen-bond donors (Lipinski definition) is 2. The Hall–Kier alpha value is -1.79. The number of benzene rings is 1. The van der Waals surface area contributed by atoms with Crippen LogP contribution in [0.4, 0.5) is 22.0 Å². The summed E-state index contributed by atoms with van der Waals surface area (Å²) in [5, 5.41) is 1.74. The van der Waals surface area contributed by atoms with Crippen molar-refractivity contribution in [2.24, 2.45) is 0 Å². The molecular weight excluding hydrogens is 385 g/mol. The molecule has 0 bridgehead atoms. The zero-order valence-electron chi connectivity index (χ0n) is 13.4. The first-order chi connectivity index (χ1) is 12.0. The molecule has 2 N–H and O–H groups in total. The summed E-state index contributed by atoms with van der Waals surface area (Å²) in [7, 11) is -4.38. The van der Waals surface area contributed by atoms with Gasteiger partial charge in [-0.2, -0.15) is 17.5 Å². The molecule has 0 aliphatic carbocycles. The zero-order chi connectivity index (χ0) is 19.5. The van der Waals surface area contributed by atoms with Crippen LogP contribution in [0, 0.1) is 11.6 Å². The Labute approximate surface area is 146 Å². The number of carbonyl (C=O) groups is 1. The van der Waals surface area contributed by atoms with Gasteiger partial charge in [0.1, 0.15) is 18.2 Å².